The first-order valence-electron chi connectivity index (χ1n) is 49.0. The van der Waals surface area contributed by atoms with Crippen molar-refractivity contribution >= 4 is 108 Å². The third kappa shape index (κ3) is 17.8. The van der Waals surface area contributed by atoms with Gasteiger partial charge in [-0.15, -0.1) is 0 Å². The van der Waals surface area contributed by atoms with E-state index in [0.717, 1.165) is 0 Å². The Morgan fingerprint density at radius 2 is 0.319 bits per heavy atom. The molecule has 0 bridgehead atoms. The van der Waals surface area contributed by atoms with Crippen LogP contribution >= 0.6 is 0 Å². The Labute approximate surface area is 826 Å². The molecule has 0 spiro atoms. The molecule has 0 aliphatic rings. The molecule has 26 aromatic rings. The summed E-state index contributed by atoms with van der Waals surface area (Å²) in [6, 6.07) is 195. The standard InChI is InChI=1S/3C33H24.2C21H16/c1-23-12-8-9-17-27(23)26-20-21-30-31(22-26)33(25-15-6-3-7-16-25)29-19-11-10-18-28(29)32(30)24-13-4-2-5-14-24;1-23-11-10-16-26(21-23)27-19-20-30-31(22-27)33(25-14-6-3-7-15-25)29-18-9-8-17-28(29)32(30)24-12-4-2-5-13-24;1-23-16-18-24(19-17-23)27-20-21-30-31(22-27)33(26-12-6-3-7-13-26)29-15-9-8-14-28(29)32(30)25-10-4-2-5-11-25;1-15-10-12-16(13-11-15)21-19-8-4-2-6-17(19)14-18-7-3-5-9-20(18)21;1-15-17-11-5-7-13-19(17)21(16-9-3-2-4-10-16)20-14-8-6-12-18(15)20/h3*2-22H,1H3;2*2-14H,1H3. The van der Waals surface area contributed by atoms with Crippen LogP contribution in [0.2, 0.25) is 0 Å². The zero-order valence-corrected chi connectivity index (χ0v) is 79.9. The van der Waals surface area contributed by atoms with Gasteiger partial charge in [-0.05, 0) is 300 Å². The van der Waals surface area contributed by atoms with Crippen molar-refractivity contribution in [3.63, 3.8) is 0 Å². The van der Waals surface area contributed by atoms with Gasteiger partial charge >= 0.3 is 0 Å². The highest BCUT2D eigenvalue weighted by molar-refractivity contribution is 6.26. The monoisotopic (exact) mass is 1800 g/mol. The van der Waals surface area contributed by atoms with E-state index < -0.39 is 0 Å². The lowest BCUT2D eigenvalue weighted by atomic mass is 9.84. The molecule has 26 rings (SSSR count). The predicted octanol–water partition coefficient (Wildman–Crippen LogP) is 39.8. The maximum atomic E-state index is 2.39. The zero-order valence-electron chi connectivity index (χ0n) is 79.9. The number of fused-ring (bicyclic) bond motifs is 10. The summed E-state index contributed by atoms with van der Waals surface area (Å²) in [7, 11) is 0. The molecule has 26 aromatic carbocycles. The second kappa shape index (κ2) is 39.9. The number of rotatable bonds is 11. The number of hydrogen-bond donors (Lipinski definition) is 0. The van der Waals surface area contributed by atoms with Crippen LogP contribution in [0, 0.1) is 34.6 Å². The lowest BCUT2D eigenvalue weighted by molar-refractivity contribution is 1.46. The molecule has 0 aromatic heterocycles. The fourth-order valence-electron chi connectivity index (χ4n) is 21.3. The van der Waals surface area contributed by atoms with Gasteiger partial charge in [0, 0.05) is 0 Å². The van der Waals surface area contributed by atoms with Gasteiger partial charge in [0.15, 0.2) is 0 Å². The lowest BCUT2D eigenvalue weighted by Crippen LogP contribution is -1.92. The molecule has 0 amide bonds. The number of hydrogen-bond acceptors (Lipinski definition) is 0. The summed E-state index contributed by atoms with van der Waals surface area (Å²) in [5.41, 5.74) is 34.6. The van der Waals surface area contributed by atoms with Gasteiger partial charge < -0.3 is 0 Å². The summed E-state index contributed by atoms with van der Waals surface area (Å²) in [4.78, 5) is 0. The molecule has 0 heteroatoms. The Bertz CT molecular complexity index is 8950. The van der Waals surface area contributed by atoms with Crippen LogP contribution < -0.4 is 0 Å². The van der Waals surface area contributed by atoms with E-state index in [9.17, 15) is 0 Å². The third-order valence-electron chi connectivity index (χ3n) is 28.0. The molecule has 0 heterocycles. The van der Waals surface area contributed by atoms with Crippen LogP contribution in [0.25, 0.3) is 230 Å². The number of benzene rings is 26. The maximum Gasteiger partial charge on any atom is -0.00262 e. The van der Waals surface area contributed by atoms with E-state index in [-0.39, 0.29) is 0 Å². The average Bonchev–Trinajstić information content (AvgIpc) is 0.735. The van der Waals surface area contributed by atoms with Gasteiger partial charge in [-0.3, -0.25) is 0 Å². The fourth-order valence-corrected chi connectivity index (χ4v) is 21.3. The summed E-state index contributed by atoms with van der Waals surface area (Å²) in [5, 5.41) is 26.1. The van der Waals surface area contributed by atoms with E-state index in [0.29, 0.717) is 0 Å². The molecular weight excluding hydrogens is 1690 g/mol. The van der Waals surface area contributed by atoms with Crippen LogP contribution in [-0.2, 0) is 0 Å². The second-order valence-corrected chi connectivity index (χ2v) is 36.9. The largest absolute Gasteiger partial charge is 0.0622 e. The molecule has 0 unspecified atom stereocenters. The molecule has 0 saturated heterocycles. The molecule has 0 N–H and O–H groups in total. The Balaban J connectivity index is 0.000000103. The normalized spacial score (nSPS) is 11.2. The Kier molecular flexibility index (Phi) is 25.1. The highest BCUT2D eigenvalue weighted by Crippen LogP contribution is 2.51. The first-order valence-corrected chi connectivity index (χ1v) is 49.0. The Hall–Kier alpha value is -17.7. The highest BCUT2D eigenvalue weighted by Gasteiger charge is 2.23. The zero-order chi connectivity index (χ0) is 95.1. The van der Waals surface area contributed by atoms with E-state index in [1.165, 1.54) is 258 Å². The molecule has 0 saturated carbocycles. The van der Waals surface area contributed by atoms with Gasteiger partial charge in [0.1, 0.15) is 0 Å². The SMILES string of the molecule is Cc1c2ccccc2c(-c2ccccc2)c2ccccc12.Cc1ccc(-c2c3ccccc3cc3ccccc23)cc1.Cc1ccc(-c2ccc3c(-c4ccccc4)c4ccccc4c(-c4ccccc4)c3c2)cc1.Cc1cccc(-c2ccc3c(-c4ccccc4)c4ccccc4c(-c4ccccc4)c3c2)c1.Cc1ccccc1-c1ccc2c(-c3ccccc3)c3ccccc3c(-c3ccccc3)c2c1. The molecule has 141 heavy (non-hydrogen) atoms. The van der Waals surface area contributed by atoms with Crippen LogP contribution in [0.5, 0.6) is 0 Å². The molecule has 0 aliphatic heterocycles. The van der Waals surface area contributed by atoms with Gasteiger partial charge in [-0.1, -0.05) is 532 Å². The molecule has 0 fully saturated rings. The molecule has 0 radical (unpaired) electrons. The second-order valence-electron chi connectivity index (χ2n) is 36.9. The van der Waals surface area contributed by atoms with Crippen molar-refractivity contribution < 1.29 is 0 Å². The minimum absolute atomic E-state index is 1.24. The molecule has 0 nitrogen and oxygen atoms in total. The molecule has 668 valence electrons. The van der Waals surface area contributed by atoms with Gasteiger partial charge in [0.2, 0.25) is 0 Å². The van der Waals surface area contributed by atoms with Crippen molar-refractivity contribution in [2.45, 2.75) is 34.6 Å². The molecule has 0 atom stereocenters. The van der Waals surface area contributed by atoms with E-state index in [1.807, 2.05) is 0 Å². The van der Waals surface area contributed by atoms with Gasteiger partial charge in [-0.25, -0.2) is 0 Å². The minimum atomic E-state index is 1.24. The predicted molar refractivity (Wildman–Crippen MR) is 611 cm³/mol. The van der Waals surface area contributed by atoms with Crippen molar-refractivity contribution in [1.82, 2.24) is 0 Å². The highest BCUT2D eigenvalue weighted by atomic mass is 14.3. The van der Waals surface area contributed by atoms with Gasteiger partial charge in [0.25, 0.3) is 0 Å². The first kappa shape index (κ1) is 88.6. The van der Waals surface area contributed by atoms with E-state index in [2.05, 4.69) is 575 Å². The van der Waals surface area contributed by atoms with Gasteiger partial charge in [0.05, 0.1) is 0 Å². The molecule has 0 aliphatic carbocycles. The van der Waals surface area contributed by atoms with Crippen LogP contribution in [0.3, 0.4) is 0 Å². The van der Waals surface area contributed by atoms with E-state index in [4.69, 9.17) is 0 Å². The van der Waals surface area contributed by atoms with E-state index in [1.54, 1.807) is 0 Å². The maximum absolute atomic E-state index is 2.39. The summed E-state index contributed by atoms with van der Waals surface area (Å²) < 4.78 is 0. The third-order valence-corrected chi connectivity index (χ3v) is 28.0. The van der Waals surface area contributed by atoms with Crippen molar-refractivity contribution in [3.05, 3.63) is 568 Å². The van der Waals surface area contributed by atoms with Crippen LogP contribution in [0.4, 0.5) is 0 Å². The van der Waals surface area contributed by atoms with Crippen LogP contribution in [-0.4, -0.2) is 0 Å². The Morgan fingerprint density at radius 1 is 0.106 bits per heavy atom. The summed E-state index contributed by atoms with van der Waals surface area (Å²) in [6.45, 7) is 10.8. The quantitative estimate of drug-likeness (QED) is 0.113. The number of aryl methyl sites for hydroxylation is 5. The Morgan fingerprint density at radius 3 is 0.645 bits per heavy atom. The van der Waals surface area contributed by atoms with Crippen molar-refractivity contribution in [1.29, 1.82) is 0 Å². The van der Waals surface area contributed by atoms with Crippen LogP contribution in [0.15, 0.2) is 540 Å². The first-order chi connectivity index (χ1) is 69.6. The van der Waals surface area contributed by atoms with Crippen molar-refractivity contribution in [2.24, 2.45) is 0 Å². The average molecular weight is 1800 g/mol. The molecular formula is C141H104. The van der Waals surface area contributed by atoms with Crippen LogP contribution in [0.1, 0.15) is 27.8 Å². The summed E-state index contributed by atoms with van der Waals surface area (Å²) in [5.74, 6) is 0. The van der Waals surface area contributed by atoms with E-state index >= 15 is 0 Å². The summed E-state index contributed by atoms with van der Waals surface area (Å²) in [6.07, 6.45) is 0. The van der Waals surface area contributed by atoms with Crippen molar-refractivity contribution in [3.8, 4) is 122 Å². The lowest BCUT2D eigenvalue weighted by Gasteiger charge is -2.19. The minimum Gasteiger partial charge on any atom is -0.0622 e. The van der Waals surface area contributed by atoms with Crippen molar-refractivity contribution in [2.75, 3.05) is 0 Å². The smallest absolute Gasteiger partial charge is 0.00262 e. The topological polar surface area (TPSA) is 0 Å². The fraction of sp³-hybridized carbons (Fsp3) is 0.0355. The van der Waals surface area contributed by atoms with Gasteiger partial charge in [-0.2, -0.15) is 0 Å². The summed E-state index contributed by atoms with van der Waals surface area (Å²) >= 11 is 0.